The van der Waals surface area contributed by atoms with E-state index in [1.807, 2.05) is 0 Å². The van der Waals surface area contributed by atoms with Gasteiger partial charge in [0.2, 0.25) is 5.78 Å². The number of hydrogen-bond donors (Lipinski definition) is 1. The number of pyridine rings is 2. The average molecular weight is 447 g/mol. The third kappa shape index (κ3) is 4.66. The van der Waals surface area contributed by atoms with Crippen LogP contribution in [0.15, 0.2) is 59.7 Å². The fourth-order valence-electron chi connectivity index (χ4n) is 2.91. The number of aromatic nitrogens is 2. The van der Waals surface area contributed by atoms with Gasteiger partial charge in [-0.1, -0.05) is 18.2 Å². The quantitative estimate of drug-likeness (QED) is 0.366. The zero-order valence-corrected chi connectivity index (χ0v) is 16.6. The van der Waals surface area contributed by atoms with E-state index in [9.17, 15) is 32.3 Å². The maximum atomic E-state index is 13.1. The molecule has 1 N–H and O–H groups in total. The lowest BCUT2D eigenvalue weighted by Gasteiger charge is -2.20. The number of halogens is 3. The Labute approximate surface area is 178 Å². The standard InChI is InChI=1S/C21H16F3N3O5/c1-2-32-20(31)18(29)26-17(16(28)13-5-7-14(8-6-13)21(22,23)24)27-11-9-12-4-3-10-25-15(12)19(27)30/h3-11,17H,2H2,1H3,(H,26,29). The van der Waals surface area contributed by atoms with Gasteiger partial charge < -0.3 is 10.1 Å². The van der Waals surface area contributed by atoms with Gasteiger partial charge in [-0.05, 0) is 31.2 Å². The van der Waals surface area contributed by atoms with Crippen LogP contribution in [0.25, 0.3) is 10.9 Å². The van der Waals surface area contributed by atoms with Crippen LogP contribution < -0.4 is 10.9 Å². The molecule has 1 unspecified atom stereocenters. The van der Waals surface area contributed by atoms with E-state index < -0.39 is 41.1 Å². The minimum atomic E-state index is -4.61. The average Bonchev–Trinajstić information content (AvgIpc) is 2.77. The smallest absolute Gasteiger partial charge is 0.416 e. The van der Waals surface area contributed by atoms with E-state index in [1.165, 1.54) is 25.4 Å². The molecule has 1 amide bonds. The van der Waals surface area contributed by atoms with Crippen LogP contribution in [0, 0.1) is 0 Å². The second-order valence-corrected chi connectivity index (χ2v) is 6.51. The molecule has 166 valence electrons. The van der Waals surface area contributed by atoms with Gasteiger partial charge in [-0.2, -0.15) is 13.2 Å². The van der Waals surface area contributed by atoms with E-state index in [0.29, 0.717) is 17.5 Å². The summed E-state index contributed by atoms with van der Waals surface area (Å²) in [6, 6.07) is 7.90. The van der Waals surface area contributed by atoms with Gasteiger partial charge >= 0.3 is 18.1 Å². The van der Waals surface area contributed by atoms with Gasteiger partial charge in [-0.25, -0.2) is 4.79 Å². The fraction of sp³-hybridized carbons (Fsp3) is 0.190. The van der Waals surface area contributed by atoms with Crippen LogP contribution >= 0.6 is 0 Å². The number of esters is 1. The van der Waals surface area contributed by atoms with Crippen LogP contribution in [0.1, 0.15) is 29.0 Å². The number of Topliss-reactive ketones (excluding diaryl/α,β-unsaturated/α-hetero) is 1. The number of hydrogen-bond acceptors (Lipinski definition) is 6. The molecule has 2 aromatic heterocycles. The van der Waals surface area contributed by atoms with Crippen LogP contribution in [-0.2, 0) is 20.5 Å². The number of amides is 1. The lowest BCUT2D eigenvalue weighted by Crippen LogP contribution is -2.45. The summed E-state index contributed by atoms with van der Waals surface area (Å²) >= 11 is 0. The van der Waals surface area contributed by atoms with Crippen LogP contribution in [0.2, 0.25) is 0 Å². The van der Waals surface area contributed by atoms with Gasteiger partial charge in [-0.15, -0.1) is 0 Å². The van der Waals surface area contributed by atoms with E-state index >= 15 is 0 Å². The van der Waals surface area contributed by atoms with Crippen molar-refractivity contribution in [3.05, 3.63) is 76.3 Å². The second-order valence-electron chi connectivity index (χ2n) is 6.51. The number of ether oxygens (including phenoxy) is 1. The zero-order valence-electron chi connectivity index (χ0n) is 16.6. The highest BCUT2D eigenvalue weighted by Crippen LogP contribution is 2.29. The van der Waals surface area contributed by atoms with Crippen molar-refractivity contribution in [3.63, 3.8) is 0 Å². The predicted molar refractivity (Wildman–Crippen MR) is 106 cm³/mol. The number of nitrogens with one attached hydrogen (secondary N) is 1. The van der Waals surface area contributed by atoms with Crippen molar-refractivity contribution in [3.8, 4) is 0 Å². The highest BCUT2D eigenvalue weighted by atomic mass is 19.4. The van der Waals surface area contributed by atoms with Crippen molar-refractivity contribution in [2.75, 3.05) is 6.61 Å². The molecule has 11 heteroatoms. The molecule has 3 rings (SSSR count). The molecule has 8 nitrogen and oxygen atoms in total. The molecule has 1 aromatic carbocycles. The summed E-state index contributed by atoms with van der Waals surface area (Å²) in [6.07, 6.45) is -3.77. The Hall–Kier alpha value is -4.02. The molecular weight excluding hydrogens is 431 g/mol. The predicted octanol–water partition coefficient (Wildman–Crippen LogP) is 2.48. The third-order valence-electron chi connectivity index (χ3n) is 4.44. The first-order valence-corrected chi connectivity index (χ1v) is 9.28. The van der Waals surface area contributed by atoms with E-state index in [1.54, 1.807) is 12.1 Å². The first-order chi connectivity index (χ1) is 15.1. The van der Waals surface area contributed by atoms with E-state index in [4.69, 9.17) is 0 Å². The summed E-state index contributed by atoms with van der Waals surface area (Å²) in [5, 5.41) is 2.58. The Morgan fingerprint density at radius 1 is 1.12 bits per heavy atom. The third-order valence-corrected chi connectivity index (χ3v) is 4.44. The molecule has 0 saturated carbocycles. The number of ketones is 1. The summed E-state index contributed by atoms with van der Waals surface area (Å²) in [5.74, 6) is -3.51. The van der Waals surface area contributed by atoms with Crippen molar-refractivity contribution < 1.29 is 32.3 Å². The van der Waals surface area contributed by atoms with Gasteiger partial charge in [0.15, 0.2) is 6.17 Å². The van der Waals surface area contributed by atoms with Gasteiger partial charge in [0, 0.05) is 23.3 Å². The Bertz CT molecular complexity index is 1240. The van der Waals surface area contributed by atoms with E-state index in [2.05, 4.69) is 15.0 Å². The summed E-state index contributed by atoms with van der Waals surface area (Å²) in [6.45, 7) is 1.36. The lowest BCUT2D eigenvalue weighted by atomic mass is 10.1. The van der Waals surface area contributed by atoms with Crippen molar-refractivity contribution in [2.45, 2.75) is 19.3 Å². The van der Waals surface area contributed by atoms with Crippen LogP contribution in [0.5, 0.6) is 0 Å². The molecule has 0 aliphatic heterocycles. The maximum Gasteiger partial charge on any atom is 0.416 e. The molecule has 0 bridgehead atoms. The Kier molecular flexibility index (Phi) is 6.37. The summed E-state index contributed by atoms with van der Waals surface area (Å²) in [5.41, 5.74) is -1.96. The summed E-state index contributed by atoms with van der Waals surface area (Å²) < 4.78 is 43.9. The SMILES string of the molecule is CCOC(=O)C(=O)NC(C(=O)c1ccc(C(F)(F)F)cc1)n1ccc2cccnc2c1=O. The zero-order chi connectivity index (χ0) is 23.5. The fourth-order valence-corrected chi connectivity index (χ4v) is 2.91. The Balaban J connectivity index is 2.06. The number of rotatable bonds is 5. The minimum Gasteiger partial charge on any atom is -0.459 e. The van der Waals surface area contributed by atoms with Gasteiger partial charge in [0.25, 0.3) is 5.56 Å². The number of carbonyl (C=O) groups is 3. The number of fused-ring (bicyclic) bond motifs is 1. The normalized spacial score (nSPS) is 12.2. The number of nitrogens with zero attached hydrogens (tertiary/aromatic N) is 2. The van der Waals surface area contributed by atoms with Crippen LogP contribution in [-0.4, -0.2) is 33.8 Å². The summed E-state index contributed by atoms with van der Waals surface area (Å²) in [7, 11) is 0. The molecular formula is C21H16F3N3O5. The van der Waals surface area contributed by atoms with Gasteiger partial charge in [0.05, 0.1) is 12.2 Å². The van der Waals surface area contributed by atoms with Gasteiger partial charge in [-0.3, -0.25) is 23.9 Å². The lowest BCUT2D eigenvalue weighted by molar-refractivity contribution is -0.155. The molecule has 0 spiro atoms. The molecule has 0 aliphatic carbocycles. The van der Waals surface area contributed by atoms with Crippen LogP contribution in [0.4, 0.5) is 13.2 Å². The number of alkyl halides is 3. The second kappa shape index (κ2) is 9.00. The van der Waals surface area contributed by atoms with Crippen molar-refractivity contribution >= 4 is 28.6 Å². The molecule has 1 atom stereocenters. The molecule has 0 aliphatic rings. The summed E-state index contributed by atoms with van der Waals surface area (Å²) in [4.78, 5) is 53.9. The Morgan fingerprint density at radius 2 is 1.81 bits per heavy atom. The molecule has 0 radical (unpaired) electrons. The highest BCUT2D eigenvalue weighted by Gasteiger charge is 2.32. The van der Waals surface area contributed by atoms with Crippen molar-refractivity contribution in [2.24, 2.45) is 0 Å². The van der Waals surface area contributed by atoms with E-state index in [0.717, 1.165) is 16.7 Å². The number of benzene rings is 1. The molecule has 2 heterocycles. The van der Waals surface area contributed by atoms with E-state index in [-0.39, 0.29) is 17.7 Å². The maximum absolute atomic E-state index is 13.1. The van der Waals surface area contributed by atoms with Crippen molar-refractivity contribution in [1.29, 1.82) is 0 Å². The first-order valence-electron chi connectivity index (χ1n) is 9.28. The number of carbonyl (C=O) groups excluding carboxylic acids is 3. The topological polar surface area (TPSA) is 107 Å². The highest BCUT2D eigenvalue weighted by molar-refractivity contribution is 6.33. The first kappa shape index (κ1) is 22.7. The monoisotopic (exact) mass is 447 g/mol. The minimum absolute atomic E-state index is 0.00870. The van der Waals surface area contributed by atoms with Crippen LogP contribution in [0.3, 0.4) is 0 Å². The molecule has 0 fully saturated rings. The molecule has 3 aromatic rings. The Morgan fingerprint density at radius 3 is 2.44 bits per heavy atom. The largest absolute Gasteiger partial charge is 0.459 e. The van der Waals surface area contributed by atoms with Gasteiger partial charge in [0.1, 0.15) is 5.52 Å². The molecule has 0 saturated heterocycles. The molecule has 32 heavy (non-hydrogen) atoms. The van der Waals surface area contributed by atoms with Crippen molar-refractivity contribution in [1.82, 2.24) is 14.9 Å².